The molecule has 1 aliphatic rings. The molecule has 2 amide bonds. The lowest BCUT2D eigenvalue weighted by Gasteiger charge is -2.16. The minimum Gasteiger partial charge on any atom is -0.349 e. The van der Waals surface area contributed by atoms with Crippen LogP contribution in [0.2, 0.25) is 0 Å². The fourth-order valence-electron chi connectivity index (χ4n) is 3.14. The standard InChI is InChI=1S/C22H22F3N7O2/c1-2-14-3-5-15(6-4-14)18(11-26)29-21(34)19-13-32(31-30-19)10-9-27-20(33)17-8-7-16(12-28-17)22(23,24)25/h3-8,12,18-19H,2,9-10,13H2,1H3,(H,27,33)(H,29,34). The third-order valence-electron chi connectivity index (χ3n) is 5.12. The maximum absolute atomic E-state index is 12.6. The Morgan fingerprint density at radius 1 is 1.24 bits per heavy atom. The number of aromatic nitrogens is 1. The Labute approximate surface area is 193 Å². The molecule has 3 rings (SSSR count). The van der Waals surface area contributed by atoms with Gasteiger partial charge in [0.2, 0.25) is 5.91 Å². The van der Waals surface area contributed by atoms with E-state index in [4.69, 9.17) is 0 Å². The predicted octanol–water partition coefficient (Wildman–Crippen LogP) is 2.83. The van der Waals surface area contributed by atoms with Gasteiger partial charge in [0.05, 0.1) is 24.7 Å². The number of hydrogen-bond donors (Lipinski definition) is 2. The van der Waals surface area contributed by atoms with Crippen LogP contribution in [0.25, 0.3) is 0 Å². The topological polar surface area (TPSA) is 123 Å². The lowest BCUT2D eigenvalue weighted by Crippen LogP contribution is -2.40. The molecule has 0 radical (unpaired) electrons. The highest BCUT2D eigenvalue weighted by atomic mass is 19.4. The van der Waals surface area contributed by atoms with Crippen molar-refractivity contribution in [3.63, 3.8) is 0 Å². The highest BCUT2D eigenvalue weighted by Gasteiger charge is 2.31. The minimum absolute atomic E-state index is 0.111. The zero-order chi connectivity index (χ0) is 24.7. The maximum Gasteiger partial charge on any atom is 0.417 e. The van der Waals surface area contributed by atoms with Crippen LogP contribution < -0.4 is 10.6 Å². The molecule has 0 saturated carbocycles. The molecule has 2 atom stereocenters. The SMILES string of the molecule is CCc1ccc(C(C#N)NC(=O)C2CN(CCNC(=O)c3ccc(C(F)(F)F)cn3)N=N2)cc1. The number of amides is 2. The van der Waals surface area contributed by atoms with Crippen molar-refractivity contribution in [1.29, 1.82) is 5.26 Å². The summed E-state index contributed by atoms with van der Waals surface area (Å²) in [5, 5.41) is 23.9. The van der Waals surface area contributed by atoms with Crippen molar-refractivity contribution in [2.45, 2.75) is 31.6 Å². The van der Waals surface area contributed by atoms with Crippen molar-refractivity contribution in [1.82, 2.24) is 20.6 Å². The quantitative estimate of drug-likeness (QED) is 0.610. The Morgan fingerprint density at radius 2 is 1.97 bits per heavy atom. The number of hydrogen-bond acceptors (Lipinski definition) is 7. The first-order valence-electron chi connectivity index (χ1n) is 10.5. The molecule has 2 unspecified atom stereocenters. The van der Waals surface area contributed by atoms with E-state index in [-0.39, 0.29) is 25.3 Å². The molecule has 2 aromatic rings. The van der Waals surface area contributed by atoms with E-state index in [0.717, 1.165) is 24.1 Å². The summed E-state index contributed by atoms with van der Waals surface area (Å²) in [6.07, 6.45) is -3.07. The molecule has 34 heavy (non-hydrogen) atoms. The van der Waals surface area contributed by atoms with E-state index in [1.54, 1.807) is 12.1 Å². The van der Waals surface area contributed by atoms with Gasteiger partial charge in [0.1, 0.15) is 11.7 Å². The fraction of sp³-hybridized carbons (Fsp3) is 0.364. The van der Waals surface area contributed by atoms with Crippen molar-refractivity contribution >= 4 is 11.8 Å². The number of aryl methyl sites for hydroxylation is 1. The van der Waals surface area contributed by atoms with E-state index in [2.05, 4.69) is 32.0 Å². The van der Waals surface area contributed by atoms with Gasteiger partial charge in [0, 0.05) is 12.7 Å². The first-order valence-corrected chi connectivity index (χ1v) is 10.5. The van der Waals surface area contributed by atoms with Crippen LogP contribution in [0.4, 0.5) is 13.2 Å². The van der Waals surface area contributed by atoms with Crippen molar-refractivity contribution in [3.8, 4) is 6.07 Å². The molecular formula is C22H22F3N7O2. The average Bonchev–Trinajstić information content (AvgIpc) is 3.31. The van der Waals surface area contributed by atoms with E-state index in [0.29, 0.717) is 11.8 Å². The summed E-state index contributed by atoms with van der Waals surface area (Å²) < 4.78 is 37.7. The van der Waals surface area contributed by atoms with Crippen molar-refractivity contribution < 1.29 is 22.8 Å². The zero-order valence-corrected chi connectivity index (χ0v) is 18.2. The molecule has 178 valence electrons. The second-order valence-electron chi connectivity index (χ2n) is 7.48. The summed E-state index contributed by atoms with van der Waals surface area (Å²) >= 11 is 0. The molecule has 2 heterocycles. The molecule has 9 nitrogen and oxygen atoms in total. The number of alkyl halides is 3. The number of carbonyl (C=O) groups is 2. The van der Waals surface area contributed by atoms with Gasteiger partial charge in [-0.25, -0.2) is 0 Å². The molecule has 0 fully saturated rings. The normalized spacial score (nSPS) is 16.1. The van der Waals surface area contributed by atoms with Crippen LogP contribution in [0.3, 0.4) is 0 Å². The minimum atomic E-state index is -4.53. The van der Waals surface area contributed by atoms with Crippen molar-refractivity contribution in [2.75, 3.05) is 19.6 Å². The highest BCUT2D eigenvalue weighted by Crippen LogP contribution is 2.28. The number of benzene rings is 1. The van der Waals surface area contributed by atoms with Gasteiger partial charge in [-0.1, -0.05) is 36.4 Å². The second kappa shape index (κ2) is 10.7. The van der Waals surface area contributed by atoms with Gasteiger partial charge in [-0.05, 0) is 29.7 Å². The lowest BCUT2D eigenvalue weighted by molar-refractivity contribution is -0.137. The molecule has 0 saturated heterocycles. The largest absolute Gasteiger partial charge is 0.417 e. The Hall–Kier alpha value is -4.01. The summed E-state index contributed by atoms with van der Waals surface area (Å²) in [5.41, 5.74) is 0.693. The van der Waals surface area contributed by atoms with Gasteiger partial charge in [0.25, 0.3) is 5.91 Å². The first-order chi connectivity index (χ1) is 16.2. The van der Waals surface area contributed by atoms with Crippen LogP contribution >= 0.6 is 0 Å². The molecule has 0 aliphatic carbocycles. The first kappa shape index (κ1) is 24.6. The van der Waals surface area contributed by atoms with Gasteiger partial charge in [-0.3, -0.25) is 19.6 Å². The smallest absolute Gasteiger partial charge is 0.349 e. The summed E-state index contributed by atoms with van der Waals surface area (Å²) in [7, 11) is 0. The number of nitrogens with zero attached hydrogens (tertiary/aromatic N) is 5. The number of halogens is 3. The molecule has 1 aromatic carbocycles. The number of nitriles is 1. The van der Waals surface area contributed by atoms with Crippen LogP contribution in [0.15, 0.2) is 52.9 Å². The lowest BCUT2D eigenvalue weighted by atomic mass is 10.0. The fourth-order valence-corrected chi connectivity index (χ4v) is 3.14. The third-order valence-corrected chi connectivity index (χ3v) is 5.12. The number of rotatable bonds is 8. The number of carbonyl (C=O) groups excluding carboxylic acids is 2. The Balaban J connectivity index is 1.44. The Kier molecular flexibility index (Phi) is 7.78. The molecule has 0 spiro atoms. The molecular weight excluding hydrogens is 451 g/mol. The summed E-state index contributed by atoms with van der Waals surface area (Å²) in [5.74, 6) is -1.08. The monoisotopic (exact) mass is 473 g/mol. The van der Waals surface area contributed by atoms with E-state index >= 15 is 0 Å². The summed E-state index contributed by atoms with van der Waals surface area (Å²) in [6.45, 7) is 2.51. The second-order valence-corrected chi connectivity index (χ2v) is 7.48. The zero-order valence-electron chi connectivity index (χ0n) is 18.2. The van der Waals surface area contributed by atoms with Gasteiger partial charge < -0.3 is 10.6 Å². The van der Waals surface area contributed by atoms with E-state index in [1.807, 2.05) is 19.1 Å². The van der Waals surface area contributed by atoms with Crippen LogP contribution in [0, 0.1) is 11.3 Å². The van der Waals surface area contributed by atoms with Crippen LogP contribution in [-0.2, 0) is 17.4 Å². The van der Waals surface area contributed by atoms with Gasteiger partial charge >= 0.3 is 6.18 Å². The molecule has 0 bridgehead atoms. The Bertz CT molecular complexity index is 1080. The van der Waals surface area contributed by atoms with Crippen LogP contribution in [-0.4, -0.2) is 47.5 Å². The van der Waals surface area contributed by atoms with Crippen LogP contribution in [0.5, 0.6) is 0 Å². The maximum atomic E-state index is 12.6. The predicted molar refractivity (Wildman–Crippen MR) is 114 cm³/mol. The van der Waals surface area contributed by atoms with Gasteiger partial charge in [0.15, 0.2) is 6.04 Å². The molecule has 1 aromatic heterocycles. The van der Waals surface area contributed by atoms with Crippen LogP contribution in [0.1, 0.15) is 40.1 Å². The average molecular weight is 473 g/mol. The van der Waals surface area contributed by atoms with E-state index in [9.17, 15) is 28.0 Å². The highest BCUT2D eigenvalue weighted by molar-refractivity contribution is 5.92. The van der Waals surface area contributed by atoms with Gasteiger partial charge in [-0.15, -0.1) is 0 Å². The molecule has 2 N–H and O–H groups in total. The van der Waals surface area contributed by atoms with Crippen molar-refractivity contribution in [2.24, 2.45) is 10.3 Å². The molecule has 12 heteroatoms. The Morgan fingerprint density at radius 3 is 2.56 bits per heavy atom. The van der Waals surface area contributed by atoms with Crippen molar-refractivity contribution in [3.05, 3.63) is 65.0 Å². The molecule has 1 aliphatic heterocycles. The summed E-state index contributed by atoms with van der Waals surface area (Å²) in [4.78, 5) is 28.1. The number of nitrogens with one attached hydrogen (secondary N) is 2. The third kappa shape index (κ3) is 6.28. The van der Waals surface area contributed by atoms with E-state index in [1.165, 1.54) is 5.01 Å². The van der Waals surface area contributed by atoms with Gasteiger partial charge in [-0.2, -0.15) is 23.5 Å². The van der Waals surface area contributed by atoms with E-state index < -0.39 is 35.6 Å². The summed E-state index contributed by atoms with van der Waals surface area (Å²) in [6, 6.07) is 9.60. The number of pyridine rings is 1.